The van der Waals surface area contributed by atoms with E-state index in [0.717, 1.165) is 19.4 Å². The summed E-state index contributed by atoms with van der Waals surface area (Å²) in [6.07, 6.45) is 2.16. The fourth-order valence-electron chi connectivity index (χ4n) is 2.63. The number of hydrogen-bond donors (Lipinski definition) is 1. The van der Waals surface area contributed by atoms with Crippen LogP contribution in [0.3, 0.4) is 0 Å². The fourth-order valence-corrected chi connectivity index (χ4v) is 3.08. The predicted molar refractivity (Wildman–Crippen MR) is 94.8 cm³/mol. The van der Waals surface area contributed by atoms with E-state index in [1.807, 2.05) is 0 Å². The Morgan fingerprint density at radius 2 is 1.86 bits per heavy atom. The van der Waals surface area contributed by atoms with E-state index in [4.69, 9.17) is 0 Å². The first-order chi connectivity index (χ1) is 10.1. The van der Waals surface area contributed by atoms with Crippen LogP contribution in [0.4, 0.5) is 0 Å². The van der Waals surface area contributed by atoms with Gasteiger partial charge in [0, 0.05) is 10.5 Å². The number of aryl methyl sites for hydroxylation is 2. The fraction of sp³-hybridized carbons (Fsp3) is 0.368. The number of halogens is 1. The molecule has 2 rings (SSSR count). The van der Waals surface area contributed by atoms with Crippen molar-refractivity contribution in [2.75, 3.05) is 6.54 Å². The van der Waals surface area contributed by atoms with Crippen LogP contribution in [0, 0.1) is 13.8 Å². The average molecular weight is 346 g/mol. The number of rotatable bonds is 6. The Kier molecular flexibility index (Phi) is 6.01. The van der Waals surface area contributed by atoms with Crippen molar-refractivity contribution in [1.29, 1.82) is 0 Å². The van der Waals surface area contributed by atoms with Crippen molar-refractivity contribution in [2.45, 2.75) is 39.7 Å². The number of nitrogens with one attached hydrogen (secondary N) is 1. The molecule has 0 aliphatic rings. The van der Waals surface area contributed by atoms with Gasteiger partial charge >= 0.3 is 0 Å². The van der Waals surface area contributed by atoms with E-state index in [-0.39, 0.29) is 0 Å². The van der Waals surface area contributed by atoms with E-state index in [1.165, 1.54) is 26.7 Å². The standard InChI is InChI=1S/C19H24BrN/c1-4-11-21-19(13-16-7-5-6-8-18(16)20)17-12-14(2)9-10-15(17)3/h5-10,12,19,21H,4,11,13H2,1-3H3. The van der Waals surface area contributed by atoms with E-state index in [0.29, 0.717) is 6.04 Å². The molecule has 2 aromatic carbocycles. The lowest BCUT2D eigenvalue weighted by atomic mass is 9.94. The molecule has 21 heavy (non-hydrogen) atoms. The summed E-state index contributed by atoms with van der Waals surface area (Å²) in [7, 11) is 0. The molecule has 0 fully saturated rings. The molecule has 2 aromatic rings. The van der Waals surface area contributed by atoms with Gasteiger partial charge in [0.05, 0.1) is 0 Å². The molecule has 0 heterocycles. The van der Waals surface area contributed by atoms with Gasteiger partial charge < -0.3 is 5.32 Å². The second kappa shape index (κ2) is 7.77. The van der Waals surface area contributed by atoms with Gasteiger partial charge in [-0.25, -0.2) is 0 Å². The summed E-state index contributed by atoms with van der Waals surface area (Å²) < 4.78 is 1.19. The van der Waals surface area contributed by atoms with Crippen molar-refractivity contribution < 1.29 is 0 Å². The minimum Gasteiger partial charge on any atom is -0.310 e. The molecule has 0 saturated heterocycles. The zero-order valence-corrected chi connectivity index (χ0v) is 14.7. The maximum atomic E-state index is 3.71. The molecular weight excluding hydrogens is 322 g/mol. The number of hydrogen-bond acceptors (Lipinski definition) is 1. The van der Waals surface area contributed by atoms with Gasteiger partial charge in [0.25, 0.3) is 0 Å². The molecule has 1 unspecified atom stereocenters. The maximum Gasteiger partial charge on any atom is 0.0363 e. The highest BCUT2D eigenvalue weighted by Crippen LogP contribution is 2.26. The topological polar surface area (TPSA) is 12.0 Å². The Balaban J connectivity index is 2.30. The molecule has 0 amide bonds. The van der Waals surface area contributed by atoms with E-state index >= 15 is 0 Å². The van der Waals surface area contributed by atoms with Crippen LogP contribution >= 0.6 is 15.9 Å². The molecule has 112 valence electrons. The highest BCUT2D eigenvalue weighted by Gasteiger charge is 2.15. The van der Waals surface area contributed by atoms with E-state index < -0.39 is 0 Å². The van der Waals surface area contributed by atoms with E-state index in [2.05, 4.69) is 84.5 Å². The minimum atomic E-state index is 0.364. The third-order valence-electron chi connectivity index (χ3n) is 3.83. The molecule has 0 bridgehead atoms. The van der Waals surface area contributed by atoms with E-state index in [1.54, 1.807) is 0 Å². The third-order valence-corrected chi connectivity index (χ3v) is 4.61. The van der Waals surface area contributed by atoms with Crippen LogP contribution in [0.25, 0.3) is 0 Å². The summed E-state index contributed by atoms with van der Waals surface area (Å²) in [5.41, 5.74) is 5.46. The molecule has 1 atom stereocenters. The van der Waals surface area contributed by atoms with Gasteiger partial charge in [-0.1, -0.05) is 64.8 Å². The Labute approximate surface area is 136 Å². The second-order valence-electron chi connectivity index (χ2n) is 5.66. The van der Waals surface area contributed by atoms with Gasteiger partial charge in [0.2, 0.25) is 0 Å². The molecule has 0 aliphatic heterocycles. The Hall–Kier alpha value is -1.12. The zero-order valence-electron chi connectivity index (χ0n) is 13.1. The van der Waals surface area contributed by atoms with Gasteiger partial charge in [-0.2, -0.15) is 0 Å². The largest absolute Gasteiger partial charge is 0.310 e. The van der Waals surface area contributed by atoms with Gasteiger partial charge in [-0.05, 0) is 56.0 Å². The molecular formula is C19H24BrN. The summed E-state index contributed by atoms with van der Waals surface area (Å²) in [4.78, 5) is 0. The van der Waals surface area contributed by atoms with Crippen molar-refractivity contribution in [3.8, 4) is 0 Å². The average Bonchev–Trinajstić information content (AvgIpc) is 2.48. The lowest BCUT2D eigenvalue weighted by Crippen LogP contribution is -2.25. The third kappa shape index (κ3) is 4.42. The Morgan fingerprint density at radius 1 is 1.10 bits per heavy atom. The van der Waals surface area contributed by atoms with Crippen molar-refractivity contribution in [3.63, 3.8) is 0 Å². The van der Waals surface area contributed by atoms with Crippen molar-refractivity contribution in [1.82, 2.24) is 5.32 Å². The van der Waals surface area contributed by atoms with Gasteiger partial charge in [0.1, 0.15) is 0 Å². The molecule has 0 aliphatic carbocycles. The van der Waals surface area contributed by atoms with Crippen LogP contribution < -0.4 is 5.32 Å². The van der Waals surface area contributed by atoms with Crippen molar-refractivity contribution >= 4 is 15.9 Å². The van der Waals surface area contributed by atoms with Crippen LogP contribution in [0.1, 0.15) is 41.6 Å². The van der Waals surface area contributed by atoms with Crippen LogP contribution in [-0.2, 0) is 6.42 Å². The quantitative estimate of drug-likeness (QED) is 0.743. The van der Waals surface area contributed by atoms with Crippen LogP contribution in [0.15, 0.2) is 46.9 Å². The Morgan fingerprint density at radius 3 is 2.57 bits per heavy atom. The highest BCUT2D eigenvalue weighted by atomic mass is 79.9. The number of benzene rings is 2. The molecule has 2 heteroatoms. The van der Waals surface area contributed by atoms with Crippen molar-refractivity contribution in [3.05, 3.63) is 69.2 Å². The molecule has 1 N–H and O–H groups in total. The molecule has 0 saturated carbocycles. The highest BCUT2D eigenvalue weighted by molar-refractivity contribution is 9.10. The summed E-state index contributed by atoms with van der Waals surface area (Å²) in [6, 6.07) is 15.6. The Bertz CT molecular complexity index is 592. The van der Waals surface area contributed by atoms with E-state index in [9.17, 15) is 0 Å². The first-order valence-corrected chi connectivity index (χ1v) is 8.45. The monoisotopic (exact) mass is 345 g/mol. The first kappa shape index (κ1) is 16.3. The van der Waals surface area contributed by atoms with Gasteiger partial charge in [-0.15, -0.1) is 0 Å². The van der Waals surface area contributed by atoms with Crippen LogP contribution in [-0.4, -0.2) is 6.54 Å². The SMILES string of the molecule is CCCNC(Cc1ccccc1Br)c1cc(C)ccc1C. The molecule has 0 spiro atoms. The normalized spacial score (nSPS) is 12.4. The van der Waals surface area contributed by atoms with Crippen LogP contribution in [0.2, 0.25) is 0 Å². The zero-order chi connectivity index (χ0) is 15.2. The molecule has 0 radical (unpaired) electrons. The smallest absolute Gasteiger partial charge is 0.0363 e. The summed E-state index contributed by atoms with van der Waals surface area (Å²) >= 11 is 3.67. The van der Waals surface area contributed by atoms with Crippen LogP contribution in [0.5, 0.6) is 0 Å². The second-order valence-corrected chi connectivity index (χ2v) is 6.52. The minimum absolute atomic E-state index is 0.364. The lowest BCUT2D eigenvalue weighted by molar-refractivity contribution is 0.526. The molecule has 0 aromatic heterocycles. The maximum absolute atomic E-state index is 3.71. The summed E-state index contributed by atoms with van der Waals surface area (Å²) in [6.45, 7) is 7.63. The molecule has 1 nitrogen and oxygen atoms in total. The first-order valence-electron chi connectivity index (χ1n) is 7.65. The van der Waals surface area contributed by atoms with Gasteiger partial charge in [-0.3, -0.25) is 0 Å². The summed E-state index contributed by atoms with van der Waals surface area (Å²) in [5.74, 6) is 0. The predicted octanol–water partition coefficient (Wildman–Crippen LogP) is 5.35. The lowest BCUT2D eigenvalue weighted by Gasteiger charge is -2.22. The summed E-state index contributed by atoms with van der Waals surface area (Å²) in [5, 5.41) is 3.71. The van der Waals surface area contributed by atoms with Gasteiger partial charge in [0.15, 0.2) is 0 Å². The van der Waals surface area contributed by atoms with Crippen molar-refractivity contribution in [2.24, 2.45) is 0 Å².